The van der Waals surface area contributed by atoms with E-state index in [1.165, 1.54) is 0 Å². The quantitative estimate of drug-likeness (QED) is 0.567. The second-order valence-electron chi connectivity index (χ2n) is 9.99. The van der Waals surface area contributed by atoms with E-state index in [0.717, 1.165) is 27.8 Å². The number of halogens is 1. The van der Waals surface area contributed by atoms with E-state index in [9.17, 15) is 9.90 Å². The zero-order valence-corrected chi connectivity index (χ0v) is 21.3. The normalized spacial score (nSPS) is 25.6. The third-order valence-corrected chi connectivity index (χ3v) is 7.66. The van der Waals surface area contributed by atoms with Gasteiger partial charge < -0.3 is 25.8 Å². The van der Waals surface area contributed by atoms with E-state index in [4.69, 9.17) is 10.5 Å². The number of ether oxygens (including phenoxy) is 1. The van der Waals surface area contributed by atoms with Gasteiger partial charge in [0, 0.05) is 36.8 Å². The zero-order chi connectivity index (χ0) is 24.1. The summed E-state index contributed by atoms with van der Waals surface area (Å²) in [6, 6.07) is -0.278. The van der Waals surface area contributed by atoms with Crippen LogP contribution in [0.4, 0.5) is 10.6 Å². The minimum Gasteiger partial charge on any atom is -0.444 e. The molecule has 4 N–H and O–H groups in total. The predicted octanol–water partition coefficient (Wildman–Crippen LogP) is 2.96. The summed E-state index contributed by atoms with van der Waals surface area (Å²) in [5, 5.41) is 22.3. The summed E-state index contributed by atoms with van der Waals surface area (Å²) in [6.07, 6.45) is 6.53. The highest BCUT2D eigenvalue weighted by molar-refractivity contribution is 9.12. The van der Waals surface area contributed by atoms with Crippen LogP contribution in [0.2, 0.25) is 0 Å². The average molecular weight is 522 g/mol. The number of aliphatic hydroxyl groups excluding tert-OH is 1. The molecule has 4 heterocycles. The molecular formula is C22H32BrN7O3. The number of fused-ring (bicyclic) bond motifs is 1. The summed E-state index contributed by atoms with van der Waals surface area (Å²) >= 11 is 3.72. The van der Waals surface area contributed by atoms with Gasteiger partial charge in [0.05, 0.1) is 35.1 Å². The smallest absolute Gasteiger partial charge is 0.410 e. The van der Waals surface area contributed by atoms with Gasteiger partial charge in [-0.15, -0.1) is 0 Å². The number of hydrogen-bond donors (Lipinski definition) is 3. The SMILES string of the molecule is Cn1cc(-c2cnn3c2NC(C)([C@H]2CC[C@@H](CO)N(C(=O)OC(C)(C)C)C2)C(Br)=C3N)cn1. The van der Waals surface area contributed by atoms with E-state index in [1.54, 1.807) is 26.7 Å². The number of piperidine rings is 1. The second-order valence-corrected chi connectivity index (χ2v) is 10.8. The molecule has 10 nitrogen and oxygen atoms in total. The van der Waals surface area contributed by atoms with Crippen LogP contribution in [0.1, 0.15) is 40.5 Å². The number of rotatable bonds is 3. The third-order valence-electron chi connectivity index (χ3n) is 6.43. The Hall–Kier alpha value is -2.53. The first-order chi connectivity index (χ1) is 15.4. The van der Waals surface area contributed by atoms with Gasteiger partial charge in [0.2, 0.25) is 0 Å². The number of nitrogens with zero attached hydrogens (tertiary/aromatic N) is 5. The fourth-order valence-corrected chi connectivity index (χ4v) is 5.19. The van der Waals surface area contributed by atoms with Crippen LogP contribution in [0.5, 0.6) is 0 Å². The highest BCUT2D eigenvalue weighted by Gasteiger charge is 2.47. The first-order valence-corrected chi connectivity index (χ1v) is 11.9. The van der Waals surface area contributed by atoms with Gasteiger partial charge in [-0.1, -0.05) is 0 Å². The van der Waals surface area contributed by atoms with Crippen LogP contribution < -0.4 is 11.1 Å². The number of amides is 1. The lowest BCUT2D eigenvalue weighted by molar-refractivity contribution is -0.00964. The largest absolute Gasteiger partial charge is 0.444 e. The Kier molecular flexibility index (Phi) is 5.98. The molecule has 0 saturated carbocycles. The van der Waals surface area contributed by atoms with Crippen molar-refractivity contribution in [1.29, 1.82) is 0 Å². The number of carbonyl (C=O) groups excluding carboxylic acids is 1. The first kappa shape index (κ1) is 23.6. The number of aliphatic hydroxyl groups is 1. The maximum absolute atomic E-state index is 13.0. The summed E-state index contributed by atoms with van der Waals surface area (Å²) in [5.41, 5.74) is 7.13. The molecule has 1 fully saturated rings. The van der Waals surface area contributed by atoms with E-state index >= 15 is 0 Å². The van der Waals surface area contributed by atoms with Crippen molar-refractivity contribution in [3.05, 3.63) is 23.1 Å². The van der Waals surface area contributed by atoms with Crippen molar-refractivity contribution in [3.63, 3.8) is 0 Å². The molecule has 1 saturated heterocycles. The molecule has 2 aromatic heterocycles. The molecule has 2 aliphatic heterocycles. The van der Waals surface area contributed by atoms with Gasteiger partial charge >= 0.3 is 6.09 Å². The molecule has 1 amide bonds. The molecule has 180 valence electrons. The molecule has 2 aromatic rings. The number of aryl methyl sites for hydroxylation is 1. The van der Waals surface area contributed by atoms with Crippen LogP contribution in [-0.2, 0) is 11.8 Å². The number of carbonyl (C=O) groups is 1. The molecule has 4 rings (SSSR count). The third kappa shape index (κ3) is 4.23. The average Bonchev–Trinajstić information content (AvgIpc) is 3.36. The number of likely N-dealkylation sites (tertiary alicyclic amines) is 1. The van der Waals surface area contributed by atoms with E-state index in [1.807, 2.05) is 34.0 Å². The van der Waals surface area contributed by atoms with Crippen molar-refractivity contribution in [1.82, 2.24) is 24.5 Å². The molecule has 0 aromatic carbocycles. The Labute approximate surface area is 201 Å². The maximum Gasteiger partial charge on any atom is 0.410 e. The Morgan fingerprint density at radius 3 is 2.70 bits per heavy atom. The van der Waals surface area contributed by atoms with Crippen LogP contribution in [0.15, 0.2) is 23.1 Å². The summed E-state index contributed by atoms with van der Waals surface area (Å²) in [6.45, 7) is 7.91. The lowest BCUT2D eigenvalue weighted by Crippen LogP contribution is -2.58. The van der Waals surface area contributed by atoms with Gasteiger partial charge in [0.15, 0.2) is 0 Å². The molecule has 0 spiro atoms. The molecule has 2 aliphatic rings. The lowest BCUT2D eigenvalue weighted by atomic mass is 9.77. The molecule has 1 unspecified atom stereocenters. The van der Waals surface area contributed by atoms with Gasteiger partial charge in [-0.05, 0) is 56.5 Å². The van der Waals surface area contributed by atoms with Gasteiger partial charge in [0.25, 0.3) is 0 Å². The van der Waals surface area contributed by atoms with Crippen LogP contribution in [0, 0.1) is 5.92 Å². The first-order valence-electron chi connectivity index (χ1n) is 11.1. The van der Waals surface area contributed by atoms with Gasteiger partial charge in [-0.3, -0.25) is 4.68 Å². The van der Waals surface area contributed by atoms with E-state index in [2.05, 4.69) is 38.4 Å². The number of anilines is 1. The standard InChI is InChI=1S/C22H32BrN7O3/c1-21(2,3)33-20(32)29-11-14(6-7-15(29)12-31)22(4)17(23)18(24)30-19(27-22)16(9-26-30)13-8-25-28(5)10-13/h8-10,14-15,27,31H,6-7,11-12,24H2,1-5H3/t14-,15-,22?/m0/s1. The number of hydrogen-bond acceptors (Lipinski definition) is 7. The van der Waals surface area contributed by atoms with Crippen molar-refractivity contribution in [2.24, 2.45) is 18.7 Å². The van der Waals surface area contributed by atoms with Crippen LogP contribution in [0.3, 0.4) is 0 Å². The number of aromatic nitrogens is 4. The Morgan fingerprint density at radius 2 is 2.09 bits per heavy atom. The van der Waals surface area contributed by atoms with Crippen molar-refractivity contribution >= 4 is 33.7 Å². The predicted molar refractivity (Wildman–Crippen MR) is 129 cm³/mol. The lowest BCUT2D eigenvalue weighted by Gasteiger charge is -2.48. The molecule has 33 heavy (non-hydrogen) atoms. The summed E-state index contributed by atoms with van der Waals surface area (Å²) in [5.74, 6) is 1.28. The Bertz CT molecular complexity index is 1090. The minimum atomic E-state index is -0.618. The molecule has 11 heteroatoms. The topological polar surface area (TPSA) is 123 Å². The highest BCUT2D eigenvalue weighted by Crippen LogP contribution is 2.46. The molecule has 0 aliphatic carbocycles. The second kappa shape index (κ2) is 8.35. The number of nitrogens with one attached hydrogen (secondary N) is 1. The van der Waals surface area contributed by atoms with Crippen molar-refractivity contribution in [3.8, 4) is 11.1 Å². The van der Waals surface area contributed by atoms with Crippen molar-refractivity contribution in [2.45, 2.75) is 57.7 Å². The van der Waals surface area contributed by atoms with Crippen molar-refractivity contribution in [2.75, 3.05) is 18.5 Å². The summed E-state index contributed by atoms with van der Waals surface area (Å²) in [7, 11) is 1.87. The Morgan fingerprint density at radius 1 is 1.36 bits per heavy atom. The van der Waals surface area contributed by atoms with Gasteiger partial charge in [-0.25, -0.2) is 9.48 Å². The summed E-state index contributed by atoms with van der Waals surface area (Å²) in [4.78, 5) is 14.6. The fraction of sp³-hybridized carbons (Fsp3) is 0.591. The number of nitrogens with two attached hydrogens (primary N) is 1. The molecule has 0 radical (unpaired) electrons. The molecule has 3 atom stereocenters. The van der Waals surface area contributed by atoms with Crippen LogP contribution in [0.25, 0.3) is 16.9 Å². The monoisotopic (exact) mass is 521 g/mol. The van der Waals surface area contributed by atoms with Gasteiger partial charge in [-0.2, -0.15) is 10.2 Å². The Balaban J connectivity index is 1.67. The molecular weight excluding hydrogens is 490 g/mol. The van der Waals surface area contributed by atoms with Gasteiger partial charge in [0.1, 0.15) is 17.2 Å². The van der Waals surface area contributed by atoms with Crippen molar-refractivity contribution < 1.29 is 14.6 Å². The summed E-state index contributed by atoms with van der Waals surface area (Å²) < 4.78 is 9.83. The molecule has 0 bridgehead atoms. The van der Waals surface area contributed by atoms with Crippen LogP contribution >= 0.6 is 15.9 Å². The van der Waals surface area contributed by atoms with E-state index in [0.29, 0.717) is 18.8 Å². The minimum absolute atomic E-state index is 0.00569. The zero-order valence-electron chi connectivity index (χ0n) is 19.7. The fourth-order valence-electron chi connectivity index (χ4n) is 4.60. The van der Waals surface area contributed by atoms with E-state index in [-0.39, 0.29) is 18.6 Å². The van der Waals surface area contributed by atoms with E-state index < -0.39 is 17.2 Å². The van der Waals surface area contributed by atoms with Crippen LogP contribution in [-0.4, -0.2) is 66.0 Å². The maximum atomic E-state index is 13.0. The highest BCUT2D eigenvalue weighted by atomic mass is 79.9.